The second-order valence-corrected chi connectivity index (χ2v) is 4.09. The minimum Gasteiger partial charge on any atom is -0.489 e. The molecule has 100 valence electrons. The van der Waals surface area contributed by atoms with Crippen molar-refractivity contribution in [2.75, 3.05) is 12.4 Å². The predicted octanol–water partition coefficient (Wildman–Crippen LogP) is 1.95. The van der Waals surface area contributed by atoms with Gasteiger partial charge in [0.05, 0.1) is 13.4 Å². The van der Waals surface area contributed by atoms with Crippen molar-refractivity contribution in [3.63, 3.8) is 0 Å². The molecule has 0 amide bonds. The number of ether oxygens (including phenoxy) is 1. The maximum absolute atomic E-state index is 11.5. The Morgan fingerprint density at radius 1 is 1.32 bits per heavy atom. The smallest absolute Gasteiger partial charge is 0.295 e. The molecule has 0 radical (unpaired) electrons. The molecule has 0 aliphatic heterocycles. The Kier molecular flexibility index (Phi) is 4.18. The summed E-state index contributed by atoms with van der Waals surface area (Å²) in [4.78, 5) is 18.1. The molecule has 0 saturated carbocycles. The molecule has 0 atom stereocenters. The number of H-pyrrole nitrogens is 1. The number of benzene rings is 1. The van der Waals surface area contributed by atoms with Crippen LogP contribution in [0.5, 0.6) is 5.75 Å². The molecule has 0 saturated heterocycles. The Bertz CT molecular complexity index is 608. The first-order chi connectivity index (χ1) is 9.26. The highest BCUT2D eigenvalue weighted by atomic mass is 16.5. The second-order valence-electron chi connectivity index (χ2n) is 4.09. The number of aromatic nitrogens is 2. The highest BCUT2D eigenvalue weighted by Gasteiger charge is 2.08. The summed E-state index contributed by atoms with van der Waals surface area (Å²) in [6, 6.07) is 8.18. The second kappa shape index (κ2) is 6.04. The third-order valence-electron chi connectivity index (χ3n) is 2.96. The first-order valence-corrected chi connectivity index (χ1v) is 6.18. The Morgan fingerprint density at radius 3 is 2.74 bits per heavy atom. The molecule has 0 bridgehead atoms. The van der Waals surface area contributed by atoms with Crippen LogP contribution in [0.25, 0.3) is 0 Å². The standard InChI is InChI=1S/C14H17N3O2/c1-3-10-6-4-5-7-11(10)8-15-13-12(19-2)14(18)17-9-16-13/h4-7,9H,3,8H2,1-2H3,(H2,15,16,17,18). The number of aromatic amines is 1. The van der Waals surface area contributed by atoms with Crippen LogP contribution in [-0.2, 0) is 13.0 Å². The molecule has 1 aromatic carbocycles. The third-order valence-corrected chi connectivity index (χ3v) is 2.96. The van der Waals surface area contributed by atoms with Gasteiger partial charge in [-0.25, -0.2) is 4.98 Å². The SMILES string of the molecule is CCc1ccccc1CNc1nc[nH]c(=O)c1OC. The fraction of sp³-hybridized carbons (Fsp3) is 0.286. The van der Waals surface area contributed by atoms with E-state index in [4.69, 9.17) is 4.74 Å². The number of methoxy groups -OCH3 is 1. The van der Waals surface area contributed by atoms with Crippen molar-refractivity contribution in [2.45, 2.75) is 19.9 Å². The zero-order valence-corrected chi connectivity index (χ0v) is 11.1. The molecule has 0 aliphatic rings. The van der Waals surface area contributed by atoms with E-state index in [0.717, 1.165) is 6.42 Å². The molecular weight excluding hydrogens is 242 g/mol. The zero-order valence-electron chi connectivity index (χ0n) is 11.1. The minimum absolute atomic E-state index is 0.205. The topological polar surface area (TPSA) is 67.0 Å². The van der Waals surface area contributed by atoms with E-state index < -0.39 is 0 Å². The van der Waals surface area contributed by atoms with Gasteiger partial charge in [0.1, 0.15) is 0 Å². The molecular formula is C14H17N3O2. The quantitative estimate of drug-likeness (QED) is 0.861. The van der Waals surface area contributed by atoms with Gasteiger partial charge in [-0.15, -0.1) is 0 Å². The van der Waals surface area contributed by atoms with Crippen LogP contribution >= 0.6 is 0 Å². The van der Waals surface area contributed by atoms with Crippen LogP contribution in [0.1, 0.15) is 18.1 Å². The Balaban J connectivity index is 2.19. The molecule has 0 unspecified atom stereocenters. The zero-order chi connectivity index (χ0) is 13.7. The molecule has 0 spiro atoms. The maximum Gasteiger partial charge on any atom is 0.295 e. The van der Waals surface area contributed by atoms with Gasteiger partial charge in [0.15, 0.2) is 5.82 Å². The maximum atomic E-state index is 11.5. The largest absolute Gasteiger partial charge is 0.489 e. The summed E-state index contributed by atoms with van der Waals surface area (Å²) < 4.78 is 5.05. The van der Waals surface area contributed by atoms with Crippen LogP contribution < -0.4 is 15.6 Å². The molecule has 5 nitrogen and oxygen atoms in total. The molecule has 1 heterocycles. The molecule has 5 heteroatoms. The van der Waals surface area contributed by atoms with Gasteiger partial charge < -0.3 is 15.0 Å². The number of aryl methyl sites for hydroxylation is 1. The van der Waals surface area contributed by atoms with Crippen molar-refractivity contribution in [3.05, 3.63) is 52.1 Å². The van der Waals surface area contributed by atoms with Crippen LogP contribution in [-0.4, -0.2) is 17.1 Å². The first-order valence-electron chi connectivity index (χ1n) is 6.18. The highest BCUT2D eigenvalue weighted by Crippen LogP contribution is 2.17. The van der Waals surface area contributed by atoms with Gasteiger partial charge in [-0.05, 0) is 17.5 Å². The molecule has 2 aromatic rings. The van der Waals surface area contributed by atoms with Crippen molar-refractivity contribution in [1.29, 1.82) is 0 Å². The Morgan fingerprint density at radius 2 is 2.05 bits per heavy atom. The summed E-state index contributed by atoms with van der Waals surface area (Å²) in [6.45, 7) is 2.72. The lowest BCUT2D eigenvalue weighted by molar-refractivity contribution is 0.408. The van der Waals surface area contributed by atoms with Crippen LogP contribution in [0, 0.1) is 0 Å². The van der Waals surface area contributed by atoms with Crippen LogP contribution in [0.15, 0.2) is 35.4 Å². The van der Waals surface area contributed by atoms with E-state index >= 15 is 0 Å². The molecule has 0 fully saturated rings. The monoisotopic (exact) mass is 259 g/mol. The number of nitrogens with zero attached hydrogens (tertiary/aromatic N) is 1. The fourth-order valence-electron chi connectivity index (χ4n) is 1.96. The number of rotatable bonds is 5. The van der Waals surface area contributed by atoms with Gasteiger partial charge in [-0.2, -0.15) is 0 Å². The van der Waals surface area contributed by atoms with Gasteiger partial charge in [0.2, 0.25) is 5.75 Å². The van der Waals surface area contributed by atoms with Gasteiger partial charge >= 0.3 is 0 Å². The van der Waals surface area contributed by atoms with E-state index in [1.54, 1.807) is 0 Å². The normalized spacial score (nSPS) is 10.2. The molecule has 1 aromatic heterocycles. The number of nitrogens with one attached hydrogen (secondary N) is 2. The summed E-state index contributed by atoms with van der Waals surface area (Å²) in [6.07, 6.45) is 2.33. The van der Waals surface area contributed by atoms with E-state index in [9.17, 15) is 4.79 Å². The van der Waals surface area contributed by atoms with Gasteiger partial charge in [-0.1, -0.05) is 31.2 Å². The van der Waals surface area contributed by atoms with Gasteiger partial charge in [-0.3, -0.25) is 4.79 Å². The average molecular weight is 259 g/mol. The van der Waals surface area contributed by atoms with Crippen LogP contribution in [0.4, 0.5) is 5.82 Å². The summed E-state index contributed by atoms with van der Waals surface area (Å²) in [5.41, 5.74) is 2.18. The Labute approximate surface area is 111 Å². The predicted molar refractivity (Wildman–Crippen MR) is 74.6 cm³/mol. The van der Waals surface area contributed by atoms with Crippen LogP contribution in [0.2, 0.25) is 0 Å². The Hall–Kier alpha value is -2.30. The van der Waals surface area contributed by atoms with Gasteiger partial charge in [0, 0.05) is 6.54 Å². The highest BCUT2D eigenvalue weighted by molar-refractivity contribution is 5.48. The van der Waals surface area contributed by atoms with Gasteiger partial charge in [0.25, 0.3) is 5.56 Å². The summed E-state index contributed by atoms with van der Waals surface area (Å²) in [5, 5.41) is 3.14. The van der Waals surface area contributed by atoms with E-state index in [2.05, 4.69) is 34.3 Å². The minimum atomic E-state index is -0.288. The summed E-state index contributed by atoms with van der Waals surface area (Å²) >= 11 is 0. The average Bonchev–Trinajstić information content (AvgIpc) is 2.45. The lowest BCUT2D eigenvalue weighted by atomic mass is 10.1. The lowest BCUT2D eigenvalue weighted by Gasteiger charge is -2.11. The number of anilines is 1. The van der Waals surface area contributed by atoms with E-state index in [-0.39, 0.29) is 11.3 Å². The number of hydrogen-bond acceptors (Lipinski definition) is 4. The summed E-state index contributed by atoms with van der Waals surface area (Å²) in [7, 11) is 1.46. The number of hydrogen-bond donors (Lipinski definition) is 2. The first kappa shape index (κ1) is 13.1. The summed E-state index contributed by atoms with van der Waals surface area (Å²) in [5.74, 6) is 0.661. The van der Waals surface area contributed by atoms with Crippen molar-refractivity contribution in [2.24, 2.45) is 0 Å². The molecule has 19 heavy (non-hydrogen) atoms. The molecule has 2 N–H and O–H groups in total. The van der Waals surface area contributed by atoms with Crippen molar-refractivity contribution in [3.8, 4) is 5.75 Å². The van der Waals surface area contributed by atoms with E-state index in [1.165, 1.54) is 24.6 Å². The van der Waals surface area contributed by atoms with E-state index in [0.29, 0.717) is 12.4 Å². The third kappa shape index (κ3) is 2.93. The van der Waals surface area contributed by atoms with Crippen molar-refractivity contribution in [1.82, 2.24) is 9.97 Å². The molecule has 0 aliphatic carbocycles. The van der Waals surface area contributed by atoms with E-state index in [1.807, 2.05) is 12.1 Å². The van der Waals surface area contributed by atoms with Crippen molar-refractivity contribution >= 4 is 5.82 Å². The van der Waals surface area contributed by atoms with Crippen LogP contribution in [0.3, 0.4) is 0 Å². The molecule has 2 rings (SSSR count). The van der Waals surface area contributed by atoms with Crippen molar-refractivity contribution < 1.29 is 4.74 Å². The fourth-order valence-corrected chi connectivity index (χ4v) is 1.96. The lowest BCUT2D eigenvalue weighted by Crippen LogP contribution is -2.14.